The summed E-state index contributed by atoms with van der Waals surface area (Å²) in [4.78, 5) is 0. The van der Waals surface area contributed by atoms with Gasteiger partial charge < -0.3 is 5.32 Å². The van der Waals surface area contributed by atoms with Crippen LogP contribution < -0.4 is 5.32 Å². The third kappa shape index (κ3) is 4.59. The maximum absolute atomic E-state index is 5.90. The second-order valence-electron chi connectivity index (χ2n) is 3.57. The molecule has 0 saturated heterocycles. The van der Waals surface area contributed by atoms with Crippen molar-refractivity contribution >= 4 is 28.9 Å². The van der Waals surface area contributed by atoms with Crippen LogP contribution in [0, 0.1) is 0 Å². The molecule has 1 rings (SSSR count). The Labute approximate surface area is 101 Å². The van der Waals surface area contributed by atoms with E-state index in [1.54, 1.807) is 6.07 Å². The Morgan fingerprint density at radius 1 is 1.33 bits per heavy atom. The Hall–Kier alpha value is -0.660. The van der Waals surface area contributed by atoms with Gasteiger partial charge in [0.05, 0.1) is 0 Å². The fourth-order valence-corrected chi connectivity index (χ4v) is 1.89. The van der Waals surface area contributed by atoms with Crippen LogP contribution in [0.3, 0.4) is 0 Å². The molecule has 0 amide bonds. The molecule has 0 spiro atoms. The SMILES string of the molecule is C=CCCC(C)Nc1cc(Cl)cc(Cl)c1. The summed E-state index contributed by atoms with van der Waals surface area (Å²) in [7, 11) is 0. The van der Waals surface area contributed by atoms with Crippen molar-refractivity contribution in [1.29, 1.82) is 0 Å². The fraction of sp³-hybridized carbons (Fsp3) is 0.333. The highest BCUT2D eigenvalue weighted by Gasteiger charge is 2.02. The molecule has 0 heterocycles. The molecule has 0 aliphatic carbocycles. The van der Waals surface area contributed by atoms with Gasteiger partial charge in [0, 0.05) is 21.8 Å². The maximum Gasteiger partial charge on any atom is 0.0441 e. The van der Waals surface area contributed by atoms with Crippen LogP contribution in [0.25, 0.3) is 0 Å². The van der Waals surface area contributed by atoms with Crippen LogP contribution >= 0.6 is 23.2 Å². The molecule has 0 aliphatic rings. The van der Waals surface area contributed by atoms with E-state index in [-0.39, 0.29) is 0 Å². The molecule has 0 aliphatic heterocycles. The predicted octanol–water partition coefficient (Wildman–Crippen LogP) is 4.76. The van der Waals surface area contributed by atoms with E-state index in [0.717, 1.165) is 18.5 Å². The number of anilines is 1. The number of benzene rings is 1. The zero-order valence-electron chi connectivity index (χ0n) is 8.76. The molecule has 1 aromatic rings. The summed E-state index contributed by atoms with van der Waals surface area (Å²) in [5, 5.41) is 4.65. The summed E-state index contributed by atoms with van der Waals surface area (Å²) < 4.78 is 0. The molecule has 3 heteroatoms. The number of nitrogens with one attached hydrogen (secondary N) is 1. The van der Waals surface area contributed by atoms with Crippen LogP contribution in [0.15, 0.2) is 30.9 Å². The standard InChI is InChI=1S/C12H15Cl2N/c1-3-4-5-9(2)15-12-7-10(13)6-11(14)8-12/h3,6-9,15H,1,4-5H2,2H3. The van der Waals surface area contributed by atoms with Gasteiger partial charge in [-0.15, -0.1) is 6.58 Å². The zero-order valence-corrected chi connectivity index (χ0v) is 10.3. The largest absolute Gasteiger partial charge is 0.382 e. The molecule has 0 aromatic heterocycles. The number of hydrogen-bond donors (Lipinski definition) is 1. The summed E-state index contributed by atoms with van der Waals surface area (Å²) in [6.45, 7) is 5.82. The predicted molar refractivity (Wildman–Crippen MR) is 69.0 cm³/mol. The molecule has 1 unspecified atom stereocenters. The molecule has 0 radical (unpaired) electrons. The Balaban J connectivity index is 2.59. The lowest BCUT2D eigenvalue weighted by Crippen LogP contribution is -2.14. The minimum Gasteiger partial charge on any atom is -0.382 e. The summed E-state index contributed by atoms with van der Waals surface area (Å²) >= 11 is 11.8. The minimum absolute atomic E-state index is 0.387. The molecule has 1 N–H and O–H groups in total. The highest BCUT2D eigenvalue weighted by atomic mass is 35.5. The van der Waals surface area contributed by atoms with Crippen LogP contribution in [0.1, 0.15) is 19.8 Å². The summed E-state index contributed by atoms with van der Waals surface area (Å²) in [5.41, 5.74) is 0.962. The fourth-order valence-electron chi connectivity index (χ4n) is 1.36. The van der Waals surface area contributed by atoms with E-state index in [0.29, 0.717) is 16.1 Å². The van der Waals surface area contributed by atoms with Gasteiger partial charge in [-0.05, 0) is 38.0 Å². The van der Waals surface area contributed by atoms with E-state index in [2.05, 4.69) is 18.8 Å². The molecule has 0 saturated carbocycles. The highest BCUT2D eigenvalue weighted by molar-refractivity contribution is 6.35. The van der Waals surface area contributed by atoms with Crippen molar-refractivity contribution < 1.29 is 0 Å². The Bertz CT molecular complexity index is 316. The monoisotopic (exact) mass is 243 g/mol. The Morgan fingerprint density at radius 3 is 2.47 bits per heavy atom. The number of halogens is 2. The molecule has 15 heavy (non-hydrogen) atoms. The van der Waals surface area contributed by atoms with Crippen molar-refractivity contribution in [2.75, 3.05) is 5.32 Å². The zero-order chi connectivity index (χ0) is 11.3. The third-order valence-corrected chi connectivity index (χ3v) is 2.52. The van der Waals surface area contributed by atoms with Gasteiger partial charge in [0.25, 0.3) is 0 Å². The van der Waals surface area contributed by atoms with E-state index in [9.17, 15) is 0 Å². The minimum atomic E-state index is 0.387. The quantitative estimate of drug-likeness (QED) is 0.736. The molecule has 82 valence electrons. The van der Waals surface area contributed by atoms with Crippen LogP contribution in [0.5, 0.6) is 0 Å². The average molecular weight is 244 g/mol. The summed E-state index contributed by atoms with van der Waals surface area (Å²) in [5.74, 6) is 0. The van der Waals surface area contributed by atoms with E-state index in [1.807, 2.05) is 18.2 Å². The normalized spacial score (nSPS) is 12.2. The van der Waals surface area contributed by atoms with Gasteiger partial charge in [-0.3, -0.25) is 0 Å². The van der Waals surface area contributed by atoms with E-state index in [4.69, 9.17) is 23.2 Å². The number of hydrogen-bond acceptors (Lipinski definition) is 1. The van der Waals surface area contributed by atoms with Crippen molar-refractivity contribution in [3.63, 3.8) is 0 Å². The maximum atomic E-state index is 5.90. The van der Waals surface area contributed by atoms with Gasteiger partial charge >= 0.3 is 0 Å². The highest BCUT2D eigenvalue weighted by Crippen LogP contribution is 2.23. The van der Waals surface area contributed by atoms with Crippen LogP contribution in [-0.2, 0) is 0 Å². The van der Waals surface area contributed by atoms with Gasteiger partial charge in [-0.1, -0.05) is 29.3 Å². The molecule has 1 atom stereocenters. The van der Waals surface area contributed by atoms with Crippen LogP contribution in [-0.4, -0.2) is 6.04 Å². The number of allylic oxidation sites excluding steroid dienone is 1. The van der Waals surface area contributed by atoms with Crippen LogP contribution in [0.4, 0.5) is 5.69 Å². The first-order valence-electron chi connectivity index (χ1n) is 4.95. The molecule has 1 aromatic carbocycles. The van der Waals surface area contributed by atoms with Gasteiger partial charge in [0.1, 0.15) is 0 Å². The topological polar surface area (TPSA) is 12.0 Å². The van der Waals surface area contributed by atoms with Gasteiger partial charge in [-0.2, -0.15) is 0 Å². The van der Waals surface area contributed by atoms with Crippen molar-refractivity contribution in [2.24, 2.45) is 0 Å². The van der Waals surface area contributed by atoms with Gasteiger partial charge in [-0.25, -0.2) is 0 Å². The summed E-state index contributed by atoms with van der Waals surface area (Å²) in [6.07, 6.45) is 3.97. The number of rotatable bonds is 5. The molecular formula is C12H15Cl2N. The van der Waals surface area contributed by atoms with Crippen molar-refractivity contribution in [2.45, 2.75) is 25.8 Å². The molecule has 0 fully saturated rings. The molecule has 1 nitrogen and oxygen atoms in total. The molecular weight excluding hydrogens is 229 g/mol. The van der Waals surface area contributed by atoms with Crippen molar-refractivity contribution in [3.05, 3.63) is 40.9 Å². The first-order chi connectivity index (χ1) is 7.11. The van der Waals surface area contributed by atoms with E-state index >= 15 is 0 Å². The Kier molecular flexibility index (Phi) is 5.00. The van der Waals surface area contributed by atoms with Crippen molar-refractivity contribution in [3.8, 4) is 0 Å². The lowest BCUT2D eigenvalue weighted by molar-refractivity contribution is 0.719. The second kappa shape index (κ2) is 6.04. The first kappa shape index (κ1) is 12.4. The van der Waals surface area contributed by atoms with E-state index < -0.39 is 0 Å². The van der Waals surface area contributed by atoms with Crippen LogP contribution in [0.2, 0.25) is 10.0 Å². The lowest BCUT2D eigenvalue weighted by atomic mass is 10.1. The van der Waals surface area contributed by atoms with Crippen molar-refractivity contribution in [1.82, 2.24) is 0 Å². The average Bonchev–Trinajstić information content (AvgIpc) is 2.13. The summed E-state index contributed by atoms with van der Waals surface area (Å²) in [6, 6.07) is 5.86. The second-order valence-corrected chi connectivity index (χ2v) is 4.44. The lowest BCUT2D eigenvalue weighted by Gasteiger charge is -2.14. The van der Waals surface area contributed by atoms with Gasteiger partial charge in [0.2, 0.25) is 0 Å². The molecule has 0 bridgehead atoms. The van der Waals surface area contributed by atoms with Gasteiger partial charge in [0.15, 0.2) is 0 Å². The smallest absolute Gasteiger partial charge is 0.0441 e. The third-order valence-electron chi connectivity index (χ3n) is 2.08. The van der Waals surface area contributed by atoms with E-state index in [1.165, 1.54) is 0 Å². The first-order valence-corrected chi connectivity index (χ1v) is 5.71. The Morgan fingerprint density at radius 2 is 1.93 bits per heavy atom.